The van der Waals surface area contributed by atoms with Crippen LogP contribution in [0.5, 0.6) is 0 Å². The van der Waals surface area contributed by atoms with Crippen LogP contribution in [0.1, 0.15) is 46.5 Å². The minimum Gasteiger partial charge on any atom is -0.444 e. The Balaban J connectivity index is 1.80. The normalized spacial score (nSPS) is 21.4. The molecule has 140 valence electrons. The molecular weight excluding hydrogens is 342 g/mol. The van der Waals surface area contributed by atoms with Crippen LogP contribution in [0.2, 0.25) is 0 Å². The zero-order chi connectivity index (χ0) is 18.7. The molecule has 0 saturated heterocycles. The first-order valence-electron chi connectivity index (χ1n) is 8.45. The van der Waals surface area contributed by atoms with E-state index in [2.05, 4.69) is 15.6 Å². The number of anilines is 1. The van der Waals surface area contributed by atoms with Crippen molar-refractivity contribution in [2.45, 2.75) is 69.2 Å². The SMILES string of the molecule is CC(C)(C)OC(=O)NC1CCC(Nc2ccc(S(C)(=O)=O)nc2)CC1. The van der Waals surface area contributed by atoms with E-state index in [1.165, 1.54) is 6.07 Å². The van der Waals surface area contributed by atoms with E-state index in [1.54, 1.807) is 12.3 Å². The Hall–Kier alpha value is -1.83. The van der Waals surface area contributed by atoms with Gasteiger partial charge in [0, 0.05) is 18.3 Å². The molecule has 1 aromatic rings. The smallest absolute Gasteiger partial charge is 0.407 e. The fourth-order valence-corrected chi connectivity index (χ4v) is 3.34. The highest BCUT2D eigenvalue weighted by molar-refractivity contribution is 7.90. The van der Waals surface area contributed by atoms with Crippen LogP contribution in [0.4, 0.5) is 10.5 Å². The molecule has 0 unspecified atom stereocenters. The standard InChI is InChI=1S/C17H27N3O4S/c1-17(2,3)24-16(21)20-13-7-5-12(6-8-13)19-14-9-10-15(18-11-14)25(4,22)23/h9-13,19H,5-8H2,1-4H3,(H,20,21). The Kier molecular flexibility index (Phi) is 5.92. The number of sulfone groups is 1. The quantitative estimate of drug-likeness (QED) is 0.847. The highest BCUT2D eigenvalue weighted by Crippen LogP contribution is 2.23. The van der Waals surface area contributed by atoms with Crippen molar-refractivity contribution in [3.8, 4) is 0 Å². The van der Waals surface area contributed by atoms with Gasteiger partial charge in [-0.3, -0.25) is 0 Å². The number of amides is 1. The zero-order valence-electron chi connectivity index (χ0n) is 15.2. The first-order valence-corrected chi connectivity index (χ1v) is 10.3. The van der Waals surface area contributed by atoms with E-state index < -0.39 is 15.4 Å². The molecule has 1 heterocycles. The van der Waals surface area contributed by atoms with Crippen molar-refractivity contribution in [3.63, 3.8) is 0 Å². The summed E-state index contributed by atoms with van der Waals surface area (Å²) in [4.78, 5) is 15.8. The second kappa shape index (κ2) is 7.59. The van der Waals surface area contributed by atoms with Gasteiger partial charge in [0.25, 0.3) is 0 Å². The number of carbonyl (C=O) groups excluding carboxylic acids is 1. The summed E-state index contributed by atoms with van der Waals surface area (Å²) in [5.41, 5.74) is 0.310. The Morgan fingerprint density at radius 1 is 1.16 bits per heavy atom. The summed E-state index contributed by atoms with van der Waals surface area (Å²) in [6.45, 7) is 5.53. The van der Waals surface area contributed by atoms with Gasteiger partial charge in [0.2, 0.25) is 0 Å². The minimum atomic E-state index is -3.28. The molecule has 7 nitrogen and oxygen atoms in total. The van der Waals surface area contributed by atoms with Crippen LogP contribution in [0.25, 0.3) is 0 Å². The number of carbonyl (C=O) groups is 1. The molecule has 0 bridgehead atoms. The average molecular weight is 369 g/mol. The molecule has 0 radical (unpaired) electrons. The van der Waals surface area contributed by atoms with E-state index in [0.717, 1.165) is 37.6 Å². The molecule has 8 heteroatoms. The molecule has 0 aromatic carbocycles. The lowest BCUT2D eigenvalue weighted by atomic mass is 9.91. The van der Waals surface area contributed by atoms with E-state index in [-0.39, 0.29) is 23.2 Å². The number of nitrogens with zero attached hydrogens (tertiary/aromatic N) is 1. The Morgan fingerprint density at radius 2 is 1.76 bits per heavy atom. The lowest BCUT2D eigenvalue weighted by Crippen LogP contribution is -2.42. The van der Waals surface area contributed by atoms with Gasteiger partial charge in [-0.15, -0.1) is 0 Å². The maximum Gasteiger partial charge on any atom is 0.407 e. The Morgan fingerprint density at radius 3 is 2.24 bits per heavy atom. The van der Waals surface area contributed by atoms with Gasteiger partial charge in [0.15, 0.2) is 14.9 Å². The van der Waals surface area contributed by atoms with Gasteiger partial charge in [-0.2, -0.15) is 0 Å². The van der Waals surface area contributed by atoms with Crippen LogP contribution in [0, 0.1) is 0 Å². The minimum absolute atomic E-state index is 0.0725. The number of rotatable bonds is 4. The maximum absolute atomic E-state index is 11.8. The molecule has 1 fully saturated rings. The summed E-state index contributed by atoms with van der Waals surface area (Å²) in [5, 5.41) is 6.36. The molecule has 2 N–H and O–H groups in total. The average Bonchev–Trinajstić information content (AvgIpc) is 2.47. The van der Waals surface area contributed by atoms with Crippen molar-refractivity contribution in [2.24, 2.45) is 0 Å². The van der Waals surface area contributed by atoms with Gasteiger partial charge < -0.3 is 15.4 Å². The Bertz CT molecular complexity index is 688. The summed E-state index contributed by atoms with van der Waals surface area (Å²) in [7, 11) is -3.28. The summed E-state index contributed by atoms with van der Waals surface area (Å²) >= 11 is 0. The number of pyridine rings is 1. The zero-order valence-corrected chi connectivity index (χ0v) is 16.0. The van der Waals surface area contributed by atoms with Crippen LogP contribution in [0.3, 0.4) is 0 Å². The Labute approximate surface area is 149 Å². The molecule has 0 aliphatic heterocycles. The third kappa shape index (κ3) is 6.53. The molecule has 1 aliphatic rings. The lowest BCUT2D eigenvalue weighted by molar-refractivity contribution is 0.0492. The molecule has 0 spiro atoms. The van der Waals surface area contributed by atoms with Crippen LogP contribution in [0.15, 0.2) is 23.4 Å². The van der Waals surface area contributed by atoms with Crippen LogP contribution >= 0.6 is 0 Å². The van der Waals surface area contributed by atoms with E-state index in [0.29, 0.717) is 0 Å². The molecule has 0 atom stereocenters. The first kappa shape index (κ1) is 19.5. The summed E-state index contributed by atoms with van der Waals surface area (Å²) < 4.78 is 28.1. The number of aromatic nitrogens is 1. The van der Waals surface area contributed by atoms with Gasteiger partial charge in [0.1, 0.15) is 5.60 Å². The van der Waals surface area contributed by atoms with Crippen molar-refractivity contribution < 1.29 is 17.9 Å². The van der Waals surface area contributed by atoms with Crippen molar-refractivity contribution in [1.29, 1.82) is 0 Å². The third-order valence-corrected chi connectivity index (χ3v) is 4.94. The summed E-state index contributed by atoms with van der Waals surface area (Å²) in [5.74, 6) is 0. The lowest BCUT2D eigenvalue weighted by Gasteiger charge is -2.31. The van der Waals surface area contributed by atoms with Gasteiger partial charge in [-0.25, -0.2) is 18.2 Å². The van der Waals surface area contributed by atoms with Crippen LogP contribution < -0.4 is 10.6 Å². The molecule has 1 amide bonds. The number of hydrogen-bond donors (Lipinski definition) is 2. The number of hydrogen-bond acceptors (Lipinski definition) is 6. The maximum atomic E-state index is 11.8. The monoisotopic (exact) mass is 369 g/mol. The van der Waals surface area contributed by atoms with Crippen molar-refractivity contribution >= 4 is 21.6 Å². The van der Waals surface area contributed by atoms with Crippen LogP contribution in [-0.4, -0.2) is 43.4 Å². The number of ether oxygens (including phenoxy) is 1. The van der Waals surface area contributed by atoms with E-state index in [1.807, 2.05) is 20.8 Å². The second-order valence-corrected chi connectivity index (χ2v) is 9.46. The van der Waals surface area contributed by atoms with E-state index in [4.69, 9.17) is 4.74 Å². The number of nitrogens with one attached hydrogen (secondary N) is 2. The third-order valence-electron chi connectivity index (χ3n) is 3.94. The van der Waals surface area contributed by atoms with E-state index >= 15 is 0 Å². The predicted molar refractivity (Wildman–Crippen MR) is 96.4 cm³/mol. The highest BCUT2D eigenvalue weighted by atomic mass is 32.2. The van der Waals surface area contributed by atoms with Gasteiger partial charge in [-0.1, -0.05) is 0 Å². The largest absolute Gasteiger partial charge is 0.444 e. The molecule has 1 aliphatic carbocycles. The van der Waals surface area contributed by atoms with Gasteiger partial charge in [-0.05, 0) is 58.6 Å². The first-order chi connectivity index (χ1) is 11.5. The fourth-order valence-electron chi connectivity index (χ4n) is 2.78. The number of alkyl carbamates (subject to hydrolysis) is 1. The summed E-state index contributed by atoms with van der Waals surface area (Å²) in [6.07, 6.45) is 5.87. The molecule has 1 saturated carbocycles. The second-order valence-electron chi connectivity index (χ2n) is 7.50. The highest BCUT2D eigenvalue weighted by Gasteiger charge is 2.24. The fraction of sp³-hybridized carbons (Fsp3) is 0.647. The van der Waals surface area contributed by atoms with Gasteiger partial charge >= 0.3 is 6.09 Å². The van der Waals surface area contributed by atoms with E-state index in [9.17, 15) is 13.2 Å². The van der Waals surface area contributed by atoms with Crippen molar-refractivity contribution in [2.75, 3.05) is 11.6 Å². The summed E-state index contributed by atoms with van der Waals surface area (Å²) in [6, 6.07) is 3.64. The topological polar surface area (TPSA) is 97.4 Å². The molecule has 2 rings (SSSR count). The van der Waals surface area contributed by atoms with Gasteiger partial charge in [0.05, 0.1) is 11.9 Å². The van der Waals surface area contributed by atoms with Crippen molar-refractivity contribution in [3.05, 3.63) is 18.3 Å². The molecule has 1 aromatic heterocycles. The molecule has 25 heavy (non-hydrogen) atoms. The van der Waals surface area contributed by atoms with Crippen LogP contribution in [-0.2, 0) is 14.6 Å². The predicted octanol–water partition coefficient (Wildman–Crippen LogP) is 2.73. The van der Waals surface area contributed by atoms with Crippen molar-refractivity contribution in [1.82, 2.24) is 10.3 Å². The molecular formula is C17H27N3O4S.